The Balaban J connectivity index is 2.62. The molecule has 0 bridgehead atoms. The van der Waals surface area contributed by atoms with Gasteiger partial charge in [-0.15, -0.1) is 0 Å². The first-order chi connectivity index (χ1) is 7.25. The molecule has 0 aromatic rings. The van der Waals surface area contributed by atoms with E-state index in [1.54, 1.807) is 7.11 Å². The second kappa shape index (κ2) is 5.69. The van der Waals surface area contributed by atoms with Gasteiger partial charge in [-0.25, -0.2) is 0 Å². The second-order valence-electron chi connectivity index (χ2n) is 3.80. The first-order valence-corrected chi connectivity index (χ1v) is 5.10. The van der Waals surface area contributed by atoms with Gasteiger partial charge in [0.2, 0.25) is 5.91 Å². The third-order valence-corrected chi connectivity index (χ3v) is 2.79. The molecule has 0 aromatic heterocycles. The molecule has 0 saturated carbocycles. The Hall–Kier alpha value is -1.12. The van der Waals surface area contributed by atoms with Gasteiger partial charge in [-0.05, 0) is 25.9 Å². The minimum absolute atomic E-state index is 0.0626. The van der Waals surface area contributed by atoms with E-state index in [1.165, 1.54) is 0 Å². The fourth-order valence-corrected chi connectivity index (χ4v) is 1.93. The molecule has 1 amide bonds. The van der Waals surface area contributed by atoms with Crippen molar-refractivity contribution in [2.24, 2.45) is 5.41 Å². The molecule has 1 fully saturated rings. The van der Waals surface area contributed by atoms with E-state index >= 15 is 0 Å². The van der Waals surface area contributed by atoms with Crippen LogP contribution < -0.4 is 10.6 Å². The molecule has 1 aliphatic heterocycles. The van der Waals surface area contributed by atoms with Gasteiger partial charge < -0.3 is 15.4 Å². The van der Waals surface area contributed by atoms with Crippen LogP contribution in [-0.4, -0.2) is 39.3 Å². The van der Waals surface area contributed by atoms with Gasteiger partial charge in [0, 0.05) is 7.11 Å². The van der Waals surface area contributed by atoms with Crippen molar-refractivity contribution in [1.82, 2.24) is 10.6 Å². The second-order valence-corrected chi connectivity index (χ2v) is 3.80. The molecule has 0 aromatic carbocycles. The lowest BCUT2D eigenvalue weighted by Gasteiger charge is -2.35. The quantitative estimate of drug-likeness (QED) is 0.623. The first-order valence-electron chi connectivity index (χ1n) is 5.10. The zero-order valence-corrected chi connectivity index (χ0v) is 9.01. The molecule has 5 nitrogen and oxygen atoms in total. The molecule has 1 heterocycles. The molecule has 0 atom stereocenters. The number of carbonyl (C=O) groups excluding carboxylic acids is 1. The van der Waals surface area contributed by atoms with E-state index in [0.717, 1.165) is 25.9 Å². The van der Waals surface area contributed by atoms with Crippen LogP contribution in [0.15, 0.2) is 0 Å². The van der Waals surface area contributed by atoms with E-state index in [2.05, 4.69) is 10.6 Å². The van der Waals surface area contributed by atoms with Gasteiger partial charge >= 0.3 is 0 Å². The summed E-state index contributed by atoms with van der Waals surface area (Å²) in [6.07, 6.45) is 1.52. The Morgan fingerprint density at radius 3 is 2.80 bits per heavy atom. The minimum Gasteiger partial charge on any atom is -0.384 e. The third kappa shape index (κ3) is 2.91. The monoisotopic (exact) mass is 211 g/mol. The molecular weight excluding hydrogens is 194 g/mol. The third-order valence-electron chi connectivity index (χ3n) is 2.79. The number of carbonyl (C=O) groups is 1. The van der Waals surface area contributed by atoms with Crippen molar-refractivity contribution in [3.05, 3.63) is 0 Å². The molecule has 0 spiro atoms. The SMILES string of the molecule is COCC1(C(=O)NCC#N)CCNCC1. The van der Waals surface area contributed by atoms with E-state index in [9.17, 15) is 4.79 Å². The Kier molecular flexibility index (Phi) is 4.53. The highest BCUT2D eigenvalue weighted by Crippen LogP contribution is 2.29. The van der Waals surface area contributed by atoms with Crippen LogP contribution in [0.1, 0.15) is 12.8 Å². The maximum Gasteiger partial charge on any atom is 0.229 e. The summed E-state index contributed by atoms with van der Waals surface area (Å²) in [7, 11) is 1.60. The van der Waals surface area contributed by atoms with Crippen LogP contribution in [0.25, 0.3) is 0 Å². The molecule has 15 heavy (non-hydrogen) atoms. The number of nitrogens with one attached hydrogen (secondary N) is 2. The summed E-state index contributed by atoms with van der Waals surface area (Å²) in [5, 5.41) is 14.2. The number of ether oxygens (including phenoxy) is 1. The molecule has 2 N–H and O–H groups in total. The van der Waals surface area contributed by atoms with Crippen LogP contribution in [0.4, 0.5) is 0 Å². The van der Waals surface area contributed by atoms with Gasteiger partial charge in [-0.1, -0.05) is 0 Å². The van der Waals surface area contributed by atoms with Crippen molar-refractivity contribution < 1.29 is 9.53 Å². The van der Waals surface area contributed by atoms with Crippen molar-refractivity contribution in [2.45, 2.75) is 12.8 Å². The van der Waals surface area contributed by atoms with E-state index < -0.39 is 5.41 Å². The maximum absolute atomic E-state index is 11.9. The highest BCUT2D eigenvalue weighted by molar-refractivity contribution is 5.83. The maximum atomic E-state index is 11.9. The largest absolute Gasteiger partial charge is 0.384 e. The average Bonchev–Trinajstić information content (AvgIpc) is 2.27. The van der Waals surface area contributed by atoms with E-state index in [4.69, 9.17) is 10.00 Å². The zero-order valence-electron chi connectivity index (χ0n) is 9.01. The lowest BCUT2D eigenvalue weighted by atomic mass is 9.78. The van der Waals surface area contributed by atoms with E-state index in [1.807, 2.05) is 6.07 Å². The molecule has 1 aliphatic rings. The highest BCUT2D eigenvalue weighted by Gasteiger charge is 2.39. The summed E-state index contributed by atoms with van der Waals surface area (Å²) in [4.78, 5) is 11.9. The van der Waals surface area contributed by atoms with Crippen LogP contribution in [0.2, 0.25) is 0 Å². The predicted octanol–water partition coefficient (Wildman–Crippen LogP) is -0.358. The predicted molar refractivity (Wildman–Crippen MR) is 55.0 cm³/mol. The number of piperidine rings is 1. The van der Waals surface area contributed by atoms with Crippen molar-refractivity contribution in [1.29, 1.82) is 5.26 Å². The number of nitrogens with zero attached hydrogens (tertiary/aromatic N) is 1. The number of hydrogen-bond acceptors (Lipinski definition) is 4. The van der Waals surface area contributed by atoms with Gasteiger partial charge in [0.25, 0.3) is 0 Å². The summed E-state index contributed by atoms with van der Waals surface area (Å²) < 4.78 is 5.11. The number of hydrogen-bond donors (Lipinski definition) is 2. The topological polar surface area (TPSA) is 74.1 Å². The highest BCUT2D eigenvalue weighted by atomic mass is 16.5. The summed E-state index contributed by atoms with van der Waals surface area (Å²) in [5.41, 5.74) is -0.448. The summed E-state index contributed by atoms with van der Waals surface area (Å²) in [6.45, 7) is 2.14. The Morgan fingerprint density at radius 2 is 2.27 bits per heavy atom. The molecule has 0 aliphatic carbocycles. The molecule has 0 unspecified atom stereocenters. The molecule has 5 heteroatoms. The Bertz CT molecular complexity index is 248. The number of amides is 1. The smallest absolute Gasteiger partial charge is 0.229 e. The Morgan fingerprint density at radius 1 is 1.60 bits per heavy atom. The summed E-state index contributed by atoms with van der Waals surface area (Å²) >= 11 is 0. The average molecular weight is 211 g/mol. The van der Waals surface area contributed by atoms with E-state index in [-0.39, 0.29) is 12.5 Å². The minimum atomic E-state index is -0.448. The van der Waals surface area contributed by atoms with Crippen LogP contribution in [0, 0.1) is 16.7 Å². The zero-order chi connectivity index (χ0) is 11.1. The number of methoxy groups -OCH3 is 1. The molecule has 1 rings (SSSR count). The molecular formula is C10H17N3O2. The van der Waals surface area contributed by atoms with Crippen LogP contribution in [0.3, 0.4) is 0 Å². The van der Waals surface area contributed by atoms with Crippen molar-refractivity contribution in [2.75, 3.05) is 33.4 Å². The molecule has 0 radical (unpaired) electrons. The van der Waals surface area contributed by atoms with Crippen LogP contribution in [0.5, 0.6) is 0 Å². The van der Waals surface area contributed by atoms with Crippen molar-refractivity contribution >= 4 is 5.91 Å². The molecule has 84 valence electrons. The fraction of sp³-hybridized carbons (Fsp3) is 0.800. The fourth-order valence-electron chi connectivity index (χ4n) is 1.93. The number of rotatable bonds is 4. The van der Waals surface area contributed by atoms with Crippen molar-refractivity contribution in [3.63, 3.8) is 0 Å². The Labute approximate surface area is 89.8 Å². The van der Waals surface area contributed by atoms with Crippen LogP contribution >= 0.6 is 0 Å². The molecule has 1 saturated heterocycles. The lowest BCUT2D eigenvalue weighted by Crippen LogP contribution is -2.50. The van der Waals surface area contributed by atoms with Crippen LogP contribution in [-0.2, 0) is 9.53 Å². The van der Waals surface area contributed by atoms with E-state index in [0.29, 0.717) is 6.61 Å². The summed E-state index contributed by atoms with van der Waals surface area (Å²) in [6, 6.07) is 1.91. The first kappa shape index (κ1) is 12.0. The standard InChI is InChI=1S/C10H17N3O2/c1-15-8-10(2-5-12-6-3-10)9(14)13-7-4-11/h12H,2-3,5-8H2,1H3,(H,13,14). The van der Waals surface area contributed by atoms with Gasteiger partial charge in [-0.2, -0.15) is 5.26 Å². The normalized spacial score (nSPS) is 19.2. The van der Waals surface area contributed by atoms with Gasteiger partial charge in [0.05, 0.1) is 18.1 Å². The summed E-state index contributed by atoms with van der Waals surface area (Å²) in [5.74, 6) is -0.0626. The van der Waals surface area contributed by atoms with Gasteiger partial charge in [0.15, 0.2) is 0 Å². The number of nitriles is 1. The van der Waals surface area contributed by atoms with Gasteiger partial charge in [0.1, 0.15) is 6.54 Å². The van der Waals surface area contributed by atoms with Gasteiger partial charge in [-0.3, -0.25) is 4.79 Å². The lowest BCUT2D eigenvalue weighted by molar-refractivity contribution is -0.135. The van der Waals surface area contributed by atoms with Crippen molar-refractivity contribution in [3.8, 4) is 6.07 Å².